The average molecular weight is 304 g/mol. The van der Waals surface area contributed by atoms with Gasteiger partial charge < -0.3 is 15.4 Å². The maximum Gasteiger partial charge on any atom is 0.323 e. The van der Waals surface area contributed by atoms with E-state index >= 15 is 0 Å². The molecule has 10 heteroatoms. The van der Waals surface area contributed by atoms with Crippen LogP contribution in [-0.2, 0) is 10.0 Å². The van der Waals surface area contributed by atoms with Crippen molar-refractivity contribution in [3.63, 3.8) is 0 Å². The Morgan fingerprint density at radius 1 is 1.25 bits per heavy atom. The first-order valence-electron chi connectivity index (χ1n) is 6.15. The van der Waals surface area contributed by atoms with Crippen LogP contribution in [0, 0.1) is 0 Å². The molecule has 1 rings (SSSR count). The van der Waals surface area contributed by atoms with Crippen molar-refractivity contribution in [3.05, 3.63) is 0 Å². The largest absolute Gasteiger partial charge is 0.461 e. The number of nitrogens with two attached hydrogens (primary N) is 1. The molecule has 0 saturated heterocycles. The summed E-state index contributed by atoms with van der Waals surface area (Å²) in [7, 11) is -1.77. The third-order valence-electron chi connectivity index (χ3n) is 2.07. The molecule has 0 fully saturated rings. The van der Waals surface area contributed by atoms with Gasteiger partial charge in [-0.1, -0.05) is 0 Å². The van der Waals surface area contributed by atoms with Crippen LogP contribution in [0.2, 0.25) is 0 Å². The van der Waals surface area contributed by atoms with Gasteiger partial charge in [-0.25, -0.2) is 13.6 Å². The van der Waals surface area contributed by atoms with Gasteiger partial charge in [-0.15, -0.1) is 0 Å². The smallest absolute Gasteiger partial charge is 0.323 e. The number of sulfonamides is 1. The van der Waals surface area contributed by atoms with Gasteiger partial charge in [-0.3, -0.25) is 0 Å². The van der Waals surface area contributed by atoms with Crippen LogP contribution in [0.3, 0.4) is 0 Å². The highest BCUT2D eigenvalue weighted by Gasteiger charge is 2.08. The van der Waals surface area contributed by atoms with Gasteiger partial charge in [-0.05, 0) is 20.3 Å². The first kappa shape index (κ1) is 16.4. The van der Waals surface area contributed by atoms with Crippen LogP contribution in [0.15, 0.2) is 0 Å². The second-order valence-corrected chi connectivity index (χ2v) is 6.06. The Hall–Kier alpha value is -1.68. The van der Waals surface area contributed by atoms with E-state index in [1.165, 1.54) is 0 Å². The Labute approximate surface area is 118 Å². The van der Waals surface area contributed by atoms with E-state index in [0.717, 1.165) is 0 Å². The van der Waals surface area contributed by atoms with E-state index in [1.807, 2.05) is 13.8 Å². The molecule has 114 valence electrons. The van der Waals surface area contributed by atoms with Gasteiger partial charge in [0.15, 0.2) is 0 Å². The van der Waals surface area contributed by atoms with Gasteiger partial charge in [-0.2, -0.15) is 15.0 Å². The van der Waals surface area contributed by atoms with Crippen LogP contribution in [0.5, 0.6) is 6.01 Å². The SMILES string of the molecule is CNc1nc(NCCCS(N)(=O)=O)nc(OC(C)C)n1. The number of anilines is 2. The molecular weight excluding hydrogens is 284 g/mol. The molecule has 0 unspecified atom stereocenters. The molecule has 0 atom stereocenters. The first-order valence-corrected chi connectivity index (χ1v) is 7.86. The maximum atomic E-state index is 10.8. The van der Waals surface area contributed by atoms with Gasteiger partial charge in [0.25, 0.3) is 0 Å². The molecule has 9 nitrogen and oxygen atoms in total. The van der Waals surface area contributed by atoms with Crippen molar-refractivity contribution in [2.75, 3.05) is 30.0 Å². The minimum atomic E-state index is -3.45. The standard InChI is InChI=1S/C10H20N6O3S/c1-7(2)19-10-15-8(12-3)14-9(16-10)13-5-4-6-20(11,17)18/h7H,4-6H2,1-3H3,(H2,11,17,18)(H2,12,13,14,15,16). The highest BCUT2D eigenvalue weighted by molar-refractivity contribution is 7.89. The zero-order valence-corrected chi connectivity index (χ0v) is 12.6. The molecule has 0 aliphatic heterocycles. The lowest BCUT2D eigenvalue weighted by Crippen LogP contribution is -2.19. The third-order valence-corrected chi connectivity index (χ3v) is 2.93. The van der Waals surface area contributed by atoms with Gasteiger partial charge in [0, 0.05) is 13.6 Å². The van der Waals surface area contributed by atoms with E-state index in [9.17, 15) is 8.42 Å². The Morgan fingerprint density at radius 3 is 2.45 bits per heavy atom. The molecule has 1 aromatic rings. The van der Waals surface area contributed by atoms with Crippen molar-refractivity contribution in [1.29, 1.82) is 0 Å². The highest BCUT2D eigenvalue weighted by atomic mass is 32.2. The number of ether oxygens (including phenoxy) is 1. The molecule has 0 aliphatic rings. The quantitative estimate of drug-likeness (QED) is 0.562. The summed E-state index contributed by atoms with van der Waals surface area (Å²) in [6, 6.07) is 0.202. The minimum Gasteiger partial charge on any atom is -0.461 e. The van der Waals surface area contributed by atoms with Crippen LogP contribution < -0.4 is 20.5 Å². The predicted molar refractivity (Wildman–Crippen MR) is 76.2 cm³/mol. The number of nitrogens with one attached hydrogen (secondary N) is 2. The summed E-state index contributed by atoms with van der Waals surface area (Å²) in [5, 5.41) is 10.6. The summed E-state index contributed by atoms with van der Waals surface area (Å²) in [6.45, 7) is 4.11. The minimum absolute atomic E-state index is 0.0580. The van der Waals surface area contributed by atoms with Gasteiger partial charge in [0.1, 0.15) is 0 Å². The van der Waals surface area contributed by atoms with Crippen LogP contribution in [0.1, 0.15) is 20.3 Å². The monoisotopic (exact) mass is 304 g/mol. The number of aromatic nitrogens is 3. The normalized spacial score (nSPS) is 11.4. The number of hydrogen-bond acceptors (Lipinski definition) is 8. The first-order chi connectivity index (χ1) is 9.30. The fourth-order valence-corrected chi connectivity index (χ4v) is 1.83. The fraction of sp³-hybridized carbons (Fsp3) is 0.700. The molecule has 0 spiro atoms. The molecule has 0 aromatic carbocycles. The number of primary sulfonamides is 1. The lowest BCUT2D eigenvalue weighted by Gasteiger charge is -2.11. The molecule has 0 saturated carbocycles. The van der Waals surface area contributed by atoms with Gasteiger partial charge in [0.2, 0.25) is 21.9 Å². The van der Waals surface area contributed by atoms with Crippen LogP contribution >= 0.6 is 0 Å². The number of hydrogen-bond donors (Lipinski definition) is 3. The number of rotatable bonds is 8. The summed E-state index contributed by atoms with van der Waals surface area (Å²) in [5.41, 5.74) is 0. The topological polar surface area (TPSA) is 132 Å². The fourth-order valence-electron chi connectivity index (χ4n) is 1.28. The summed E-state index contributed by atoms with van der Waals surface area (Å²) >= 11 is 0. The molecular formula is C10H20N6O3S. The third kappa shape index (κ3) is 6.48. The van der Waals surface area contributed by atoms with Crippen molar-refractivity contribution in [3.8, 4) is 6.01 Å². The van der Waals surface area contributed by atoms with Crippen LogP contribution in [0.25, 0.3) is 0 Å². The lowest BCUT2D eigenvalue weighted by molar-refractivity contribution is 0.222. The Kier molecular flexibility index (Phi) is 5.89. The van der Waals surface area contributed by atoms with Crippen molar-refractivity contribution in [1.82, 2.24) is 15.0 Å². The molecule has 4 N–H and O–H groups in total. The van der Waals surface area contributed by atoms with Crippen LogP contribution in [0.4, 0.5) is 11.9 Å². The van der Waals surface area contributed by atoms with E-state index in [0.29, 0.717) is 24.9 Å². The number of nitrogens with zero attached hydrogens (tertiary/aromatic N) is 3. The molecule has 1 aromatic heterocycles. The predicted octanol–water partition coefficient (Wildman–Crippen LogP) is -0.209. The maximum absolute atomic E-state index is 10.8. The van der Waals surface area contributed by atoms with E-state index < -0.39 is 10.0 Å². The average Bonchev–Trinajstić information content (AvgIpc) is 2.32. The van der Waals surface area contributed by atoms with Crippen molar-refractivity contribution < 1.29 is 13.2 Å². The highest BCUT2D eigenvalue weighted by Crippen LogP contribution is 2.12. The summed E-state index contributed by atoms with van der Waals surface area (Å²) in [5.74, 6) is 0.582. The Bertz CT molecular complexity index is 534. The van der Waals surface area contributed by atoms with Crippen LogP contribution in [-0.4, -0.2) is 48.8 Å². The van der Waals surface area contributed by atoms with Crippen molar-refractivity contribution in [2.24, 2.45) is 5.14 Å². The Morgan fingerprint density at radius 2 is 1.90 bits per heavy atom. The molecule has 0 bridgehead atoms. The summed E-state index contributed by atoms with van der Waals surface area (Å²) < 4.78 is 27.0. The van der Waals surface area contributed by atoms with E-state index in [2.05, 4.69) is 25.6 Å². The van der Waals surface area contributed by atoms with Crippen molar-refractivity contribution in [2.45, 2.75) is 26.4 Å². The zero-order chi connectivity index (χ0) is 15.2. The molecule has 0 aliphatic carbocycles. The van der Waals surface area contributed by atoms with Crippen molar-refractivity contribution >= 4 is 21.9 Å². The molecule has 20 heavy (non-hydrogen) atoms. The zero-order valence-electron chi connectivity index (χ0n) is 11.8. The van der Waals surface area contributed by atoms with E-state index in [4.69, 9.17) is 9.88 Å². The molecule has 0 radical (unpaired) electrons. The second-order valence-electron chi connectivity index (χ2n) is 4.33. The van der Waals surface area contributed by atoms with E-state index in [1.54, 1.807) is 7.05 Å². The lowest BCUT2D eigenvalue weighted by atomic mass is 10.5. The molecule has 1 heterocycles. The van der Waals surface area contributed by atoms with Gasteiger partial charge >= 0.3 is 6.01 Å². The summed E-state index contributed by atoms with van der Waals surface area (Å²) in [6.07, 6.45) is 0.303. The summed E-state index contributed by atoms with van der Waals surface area (Å²) in [4.78, 5) is 12.2. The Balaban J connectivity index is 2.64. The second kappa shape index (κ2) is 7.20. The van der Waals surface area contributed by atoms with E-state index in [-0.39, 0.29) is 17.9 Å². The molecule has 0 amide bonds. The van der Waals surface area contributed by atoms with Gasteiger partial charge in [0.05, 0.1) is 11.9 Å².